The molecule has 0 aliphatic carbocycles. The number of benzene rings is 8. The van der Waals surface area contributed by atoms with Crippen LogP contribution in [0.5, 0.6) is 0 Å². The number of para-hydroxylation sites is 5. The van der Waals surface area contributed by atoms with Gasteiger partial charge in [0.2, 0.25) is 0 Å². The highest BCUT2D eigenvalue weighted by atomic mass is 16.3. The zero-order valence-corrected chi connectivity index (χ0v) is 31.5. The largest absolute Gasteiger partial charge is 0.455 e. The molecule has 4 aromatic heterocycles. The first-order valence-electron chi connectivity index (χ1n) is 19.6. The first-order chi connectivity index (χ1) is 29.2. The third-order valence-corrected chi connectivity index (χ3v) is 11.1. The van der Waals surface area contributed by atoms with Crippen molar-refractivity contribution in [1.29, 1.82) is 0 Å². The second kappa shape index (κ2) is 13.2. The van der Waals surface area contributed by atoms with Crippen LogP contribution >= 0.6 is 0 Å². The molecule has 0 aliphatic rings. The van der Waals surface area contributed by atoms with Gasteiger partial charge in [-0.3, -0.25) is 0 Å². The summed E-state index contributed by atoms with van der Waals surface area (Å²) in [6, 6.07) is 64.0. The van der Waals surface area contributed by atoms with E-state index in [0.29, 0.717) is 17.5 Å². The van der Waals surface area contributed by atoms with Crippen LogP contribution in [0.3, 0.4) is 0 Å². The number of hydrogen-bond acceptors (Lipinski definition) is 6. The Morgan fingerprint density at radius 3 is 1.54 bits per heavy atom. The highest BCUT2D eigenvalue weighted by Gasteiger charge is 2.21. The Bertz CT molecular complexity index is 3430. The lowest BCUT2D eigenvalue weighted by atomic mass is 10.00. The fourth-order valence-corrected chi connectivity index (χ4v) is 8.31. The Labute approximate surface area is 337 Å². The average molecular weight is 758 g/mol. The van der Waals surface area contributed by atoms with Crippen LogP contribution in [-0.2, 0) is 0 Å². The van der Waals surface area contributed by atoms with Crippen molar-refractivity contribution in [3.63, 3.8) is 0 Å². The van der Waals surface area contributed by atoms with Crippen LogP contribution in [0.1, 0.15) is 0 Å². The molecule has 12 rings (SSSR count). The molecule has 4 heterocycles. The minimum absolute atomic E-state index is 0.500. The summed E-state index contributed by atoms with van der Waals surface area (Å²) < 4.78 is 15.0. The maximum atomic E-state index is 6.51. The molecule has 276 valence electrons. The third kappa shape index (κ3) is 5.44. The molecule has 0 bridgehead atoms. The molecule has 0 radical (unpaired) electrons. The van der Waals surface area contributed by atoms with Crippen molar-refractivity contribution in [2.45, 2.75) is 0 Å². The molecule has 0 saturated heterocycles. The fraction of sp³-hybridized carbons (Fsp3) is 0. The van der Waals surface area contributed by atoms with Gasteiger partial charge in [0.1, 0.15) is 28.0 Å². The normalized spacial score (nSPS) is 11.7. The number of nitrogens with zero attached hydrogens (tertiary/aromatic N) is 5. The van der Waals surface area contributed by atoms with Gasteiger partial charge in [0.15, 0.2) is 17.5 Å². The zero-order chi connectivity index (χ0) is 38.9. The predicted molar refractivity (Wildman–Crippen MR) is 236 cm³/mol. The molecule has 0 spiro atoms. The molecule has 0 amide bonds. The smallest absolute Gasteiger partial charge is 0.167 e. The van der Waals surface area contributed by atoms with Gasteiger partial charge in [-0.15, -0.1) is 0 Å². The van der Waals surface area contributed by atoms with E-state index in [-0.39, 0.29) is 0 Å². The van der Waals surface area contributed by atoms with Gasteiger partial charge in [0, 0.05) is 38.1 Å². The molecule has 7 nitrogen and oxygen atoms in total. The Balaban J connectivity index is 1.08. The summed E-state index contributed by atoms with van der Waals surface area (Å²) in [5.41, 5.74) is 11.5. The first kappa shape index (κ1) is 33.0. The molecular formula is C52H31N5O2. The Morgan fingerprint density at radius 1 is 0.356 bits per heavy atom. The summed E-state index contributed by atoms with van der Waals surface area (Å²) in [6.45, 7) is 0. The molecule has 0 fully saturated rings. The molecule has 0 aliphatic heterocycles. The van der Waals surface area contributed by atoms with E-state index < -0.39 is 0 Å². The van der Waals surface area contributed by atoms with Gasteiger partial charge in [0.25, 0.3) is 0 Å². The van der Waals surface area contributed by atoms with E-state index in [4.69, 9.17) is 28.9 Å². The van der Waals surface area contributed by atoms with Gasteiger partial charge in [-0.25, -0.2) is 19.6 Å². The van der Waals surface area contributed by atoms with Crippen LogP contribution in [0.4, 0.5) is 0 Å². The molecule has 0 N–H and O–H groups in total. The van der Waals surface area contributed by atoms with Crippen LogP contribution in [-0.4, -0.2) is 24.7 Å². The SMILES string of the molecule is c1ccc(-c2ccc3c(c2)c(-c2cccc(-c4nc(-c5cccc6c5oc5ccccc56)nc(-c5cccc6c5oc5ccccc56)n4)c2)nn3-c2ccccc2)cc1. The van der Waals surface area contributed by atoms with Crippen LogP contribution in [0.15, 0.2) is 197 Å². The molecule has 0 saturated carbocycles. The summed E-state index contributed by atoms with van der Waals surface area (Å²) in [4.78, 5) is 15.6. The Kier molecular flexibility index (Phi) is 7.40. The second-order valence-electron chi connectivity index (χ2n) is 14.6. The van der Waals surface area contributed by atoms with Crippen LogP contribution < -0.4 is 0 Å². The lowest BCUT2D eigenvalue weighted by Crippen LogP contribution is -2.01. The van der Waals surface area contributed by atoms with E-state index in [1.807, 2.05) is 102 Å². The standard InChI is InChI=1S/C52H31N5O2/c1-3-14-32(15-4-1)33-28-29-44-43(31-33)47(56-57(44)36-18-5-2-6-19-36)34-16-11-17-35(30-34)50-53-51(41-24-12-22-39-37-20-7-9-26-45(37)58-48(39)41)55-52(54-50)42-25-13-23-40-38-21-8-10-27-46(38)59-49(40)42/h1-31H. The van der Waals surface area contributed by atoms with E-state index in [2.05, 4.69) is 91.0 Å². The molecule has 59 heavy (non-hydrogen) atoms. The maximum Gasteiger partial charge on any atom is 0.167 e. The minimum Gasteiger partial charge on any atom is -0.455 e. The predicted octanol–water partition coefficient (Wildman–Crippen LogP) is 13.3. The maximum absolute atomic E-state index is 6.51. The highest BCUT2D eigenvalue weighted by Crippen LogP contribution is 2.39. The highest BCUT2D eigenvalue weighted by molar-refractivity contribution is 6.10. The summed E-state index contributed by atoms with van der Waals surface area (Å²) in [6.07, 6.45) is 0. The zero-order valence-electron chi connectivity index (χ0n) is 31.5. The van der Waals surface area contributed by atoms with Crippen molar-refractivity contribution in [3.8, 4) is 62.2 Å². The van der Waals surface area contributed by atoms with Crippen LogP contribution in [0, 0.1) is 0 Å². The van der Waals surface area contributed by atoms with Gasteiger partial charge < -0.3 is 8.83 Å². The number of fused-ring (bicyclic) bond motifs is 7. The lowest BCUT2D eigenvalue weighted by molar-refractivity contribution is 0.669. The minimum atomic E-state index is 0.500. The van der Waals surface area contributed by atoms with Crippen molar-refractivity contribution in [2.75, 3.05) is 0 Å². The van der Waals surface area contributed by atoms with Crippen molar-refractivity contribution < 1.29 is 8.83 Å². The van der Waals surface area contributed by atoms with Crippen LogP contribution in [0.2, 0.25) is 0 Å². The molecule has 7 heteroatoms. The Hall–Kier alpha value is -8.16. The monoisotopic (exact) mass is 757 g/mol. The summed E-state index contributed by atoms with van der Waals surface area (Å²) >= 11 is 0. The number of aromatic nitrogens is 5. The van der Waals surface area contributed by atoms with E-state index in [9.17, 15) is 0 Å². The molecular weight excluding hydrogens is 727 g/mol. The van der Waals surface area contributed by atoms with E-state index in [0.717, 1.165) is 99.5 Å². The first-order valence-corrected chi connectivity index (χ1v) is 19.6. The van der Waals surface area contributed by atoms with Gasteiger partial charge in [0.05, 0.1) is 22.3 Å². The fourth-order valence-electron chi connectivity index (χ4n) is 8.31. The number of rotatable bonds is 6. The van der Waals surface area contributed by atoms with Gasteiger partial charge in [-0.05, 0) is 65.7 Å². The van der Waals surface area contributed by atoms with Crippen LogP contribution in [0.25, 0.3) is 117 Å². The average Bonchev–Trinajstić information content (AvgIpc) is 4.01. The topological polar surface area (TPSA) is 82.8 Å². The van der Waals surface area contributed by atoms with Gasteiger partial charge in [-0.1, -0.05) is 133 Å². The van der Waals surface area contributed by atoms with Crippen molar-refractivity contribution in [2.24, 2.45) is 0 Å². The molecule has 12 aromatic rings. The molecule has 8 aromatic carbocycles. The van der Waals surface area contributed by atoms with Crippen molar-refractivity contribution in [3.05, 3.63) is 188 Å². The molecule has 0 unspecified atom stereocenters. The summed E-state index contributed by atoms with van der Waals surface area (Å²) in [5.74, 6) is 1.52. The van der Waals surface area contributed by atoms with E-state index >= 15 is 0 Å². The lowest BCUT2D eigenvalue weighted by Gasteiger charge is -2.10. The second-order valence-corrected chi connectivity index (χ2v) is 14.6. The quantitative estimate of drug-likeness (QED) is 0.168. The number of hydrogen-bond donors (Lipinski definition) is 0. The van der Waals surface area contributed by atoms with Crippen molar-refractivity contribution in [1.82, 2.24) is 24.7 Å². The molecule has 0 atom stereocenters. The summed E-state index contributed by atoms with van der Waals surface area (Å²) in [7, 11) is 0. The summed E-state index contributed by atoms with van der Waals surface area (Å²) in [5, 5.41) is 10.4. The van der Waals surface area contributed by atoms with Gasteiger partial charge in [-0.2, -0.15) is 5.10 Å². The van der Waals surface area contributed by atoms with E-state index in [1.165, 1.54) is 0 Å². The third-order valence-electron chi connectivity index (χ3n) is 11.1. The van der Waals surface area contributed by atoms with Crippen molar-refractivity contribution >= 4 is 54.8 Å². The van der Waals surface area contributed by atoms with E-state index in [1.54, 1.807) is 0 Å². The Morgan fingerprint density at radius 2 is 0.881 bits per heavy atom. The number of furan rings is 2. The van der Waals surface area contributed by atoms with Gasteiger partial charge >= 0.3 is 0 Å².